The summed E-state index contributed by atoms with van der Waals surface area (Å²) in [5, 5.41) is 0.144. The Bertz CT molecular complexity index is 861. The van der Waals surface area contributed by atoms with E-state index in [4.69, 9.17) is 21.1 Å². The van der Waals surface area contributed by atoms with Crippen molar-refractivity contribution in [1.82, 2.24) is 19.9 Å². The second kappa shape index (κ2) is 6.71. The molecule has 0 saturated carbocycles. The SMILES string of the molecule is CC(C)(C)Oc1nc(OCC23CCCN2CCC3)nc2c(F)c(Cl)ncc12. The van der Waals surface area contributed by atoms with Gasteiger partial charge in [-0.1, -0.05) is 11.6 Å². The minimum atomic E-state index is -0.693. The van der Waals surface area contributed by atoms with Crippen LogP contribution in [0.2, 0.25) is 5.15 Å². The van der Waals surface area contributed by atoms with Crippen LogP contribution in [0.4, 0.5) is 4.39 Å². The Morgan fingerprint density at radius 3 is 2.59 bits per heavy atom. The van der Waals surface area contributed by atoms with Crippen molar-refractivity contribution < 1.29 is 13.9 Å². The van der Waals surface area contributed by atoms with Crippen molar-refractivity contribution in [2.45, 2.75) is 57.6 Å². The van der Waals surface area contributed by atoms with Crippen LogP contribution in [-0.2, 0) is 0 Å². The van der Waals surface area contributed by atoms with Crippen LogP contribution in [0.25, 0.3) is 10.9 Å². The first-order valence-corrected chi connectivity index (χ1v) is 9.74. The fraction of sp³-hybridized carbons (Fsp3) is 0.632. The maximum atomic E-state index is 14.5. The molecule has 2 aromatic rings. The third kappa shape index (κ3) is 3.55. The summed E-state index contributed by atoms with van der Waals surface area (Å²) in [6, 6.07) is 0.107. The zero-order valence-electron chi connectivity index (χ0n) is 15.9. The largest absolute Gasteiger partial charge is 0.471 e. The summed E-state index contributed by atoms with van der Waals surface area (Å²) in [6.45, 7) is 8.40. The van der Waals surface area contributed by atoms with Gasteiger partial charge in [0.15, 0.2) is 11.0 Å². The Kier molecular flexibility index (Phi) is 4.63. The standard InChI is InChI=1S/C19H24ClFN4O2/c1-18(2,3)27-16-12-10-22-15(20)13(21)14(12)23-17(24-16)26-11-19-6-4-8-25(19)9-5-7-19/h10H,4-9,11H2,1-3H3. The van der Waals surface area contributed by atoms with Gasteiger partial charge in [0.25, 0.3) is 0 Å². The highest BCUT2D eigenvalue weighted by molar-refractivity contribution is 6.30. The summed E-state index contributed by atoms with van der Waals surface area (Å²) >= 11 is 5.84. The smallest absolute Gasteiger partial charge is 0.320 e. The lowest BCUT2D eigenvalue weighted by Crippen LogP contribution is -2.43. The minimum Gasteiger partial charge on any atom is -0.471 e. The van der Waals surface area contributed by atoms with E-state index < -0.39 is 11.4 Å². The number of nitrogens with zero attached hydrogens (tertiary/aromatic N) is 4. The molecule has 0 amide bonds. The first kappa shape index (κ1) is 18.6. The van der Waals surface area contributed by atoms with Crippen molar-refractivity contribution in [3.8, 4) is 11.9 Å². The average molecular weight is 395 g/mol. The molecule has 0 N–H and O–H groups in total. The van der Waals surface area contributed by atoms with Gasteiger partial charge in [-0.15, -0.1) is 0 Å². The van der Waals surface area contributed by atoms with E-state index in [1.165, 1.54) is 19.0 Å². The predicted octanol–water partition coefficient (Wildman–Crippen LogP) is 4.00. The normalized spacial score (nSPS) is 19.4. The molecule has 27 heavy (non-hydrogen) atoms. The summed E-state index contributed by atoms with van der Waals surface area (Å²) in [6.07, 6.45) is 6.00. The van der Waals surface area contributed by atoms with Crippen LogP contribution in [0, 0.1) is 5.82 Å². The number of hydrogen-bond donors (Lipinski definition) is 0. The molecule has 146 valence electrons. The molecule has 0 atom stereocenters. The molecule has 2 aliphatic heterocycles. The average Bonchev–Trinajstić information content (AvgIpc) is 3.15. The lowest BCUT2D eigenvalue weighted by atomic mass is 9.95. The van der Waals surface area contributed by atoms with E-state index in [0.717, 1.165) is 25.9 Å². The fourth-order valence-electron chi connectivity index (χ4n) is 4.08. The van der Waals surface area contributed by atoms with Gasteiger partial charge in [-0.25, -0.2) is 9.37 Å². The number of aromatic nitrogens is 3. The van der Waals surface area contributed by atoms with Gasteiger partial charge < -0.3 is 9.47 Å². The molecule has 0 aromatic carbocycles. The molecule has 8 heteroatoms. The van der Waals surface area contributed by atoms with E-state index >= 15 is 0 Å². The molecule has 2 aliphatic rings. The van der Waals surface area contributed by atoms with Crippen molar-refractivity contribution >= 4 is 22.5 Å². The minimum absolute atomic E-state index is 0.0534. The Labute approximate surface area is 163 Å². The molecule has 0 bridgehead atoms. The molecular weight excluding hydrogens is 371 g/mol. The number of ether oxygens (including phenoxy) is 2. The van der Waals surface area contributed by atoms with E-state index in [1.54, 1.807) is 0 Å². The molecule has 0 radical (unpaired) electrons. The monoisotopic (exact) mass is 394 g/mol. The van der Waals surface area contributed by atoms with Crippen molar-refractivity contribution in [3.63, 3.8) is 0 Å². The molecule has 4 heterocycles. The highest BCUT2D eigenvalue weighted by atomic mass is 35.5. The molecule has 2 fully saturated rings. The van der Waals surface area contributed by atoms with Gasteiger partial charge >= 0.3 is 6.01 Å². The molecular formula is C19H24ClFN4O2. The lowest BCUT2D eigenvalue weighted by molar-refractivity contribution is 0.102. The topological polar surface area (TPSA) is 60.4 Å². The van der Waals surface area contributed by atoms with E-state index in [1.807, 2.05) is 20.8 Å². The van der Waals surface area contributed by atoms with Crippen LogP contribution in [0.15, 0.2) is 6.20 Å². The lowest BCUT2D eigenvalue weighted by Gasteiger charge is -2.31. The molecule has 4 rings (SSSR count). The highest BCUT2D eigenvalue weighted by Crippen LogP contribution is 2.39. The van der Waals surface area contributed by atoms with Gasteiger partial charge in [0.2, 0.25) is 5.88 Å². The quantitative estimate of drug-likeness (QED) is 0.730. The van der Waals surface area contributed by atoms with Crippen molar-refractivity contribution in [2.75, 3.05) is 19.7 Å². The second-order valence-corrected chi connectivity index (χ2v) is 8.72. The van der Waals surface area contributed by atoms with Crippen LogP contribution in [0.5, 0.6) is 11.9 Å². The first-order valence-electron chi connectivity index (χ1n) is 9.36. The zero-order chi connectivity index (χ0) is 19.2. The number of fused-ring (bicyclic) bond motifs is 2. The van der Waals surface area contributed by atoms with Crippen molar-refractivity contribution in [3.05, 3.63) is 17.2 Å². The molecule has 2 saturated heterocycles. The molecule has 0 unspecified atom stereocenters. The van der Waals surface area contributed by atoms with Crippen LogP contribution in [-0.4, -0.2) is 50.7 Å². The van der Waals surface area contributed by atoms with Gasteiger partial charge in [-0.3, -0.25) is 4.90 Å². The summed E-state index contributed by atoms with van der Waals surface area (Å²) in [5.41, 5.74) is -0.398. The van der Waals surface area contributed by atoms with Gasteiger partial charge in [0.05, 0.1) is 10.9 Å². The maximum Gasteiger partial charge on any atom is 0.320 e. The summed E-state index contributed by atoms with van der Waals surface area (Å²) in [4.78, 5) is 15.0. The Morgan fingerprint density at radius 2 is 1.93 bits per heavy atom. The van der Waals surface area contributed by atoms with Crippen LogP contribution in [0.1, 0.15) is 46.5 Å². The Hall–Kier alpha value is -1.73. The molecule has 0 aliphatic carbocycles. The third-order valence-electron chi connectivity index (χ3n) is 5.27. The van der Waals surface area contributed by atoms with Crippen LogP contribution in [0.3, 0.4) is 0 Å². The molecule has 0 spiro atoms. The van der Waals surface area contributed by atoms with Gasteiger partial charge in [0.1, 0.15) is 17.7 Å². The van der Waals surface area contributed by atoms with E-state index in [2.05, 4.69) is 19.9 Å². The fourth-order valence-corrected chi connectivity index (χ4v) is 4.22. The second-order valence-electron chi connectivity index (χ2n) is 8.36. The zero-order valence-corrected chi connectivity index (χ0v) is 16.6. The van der Waals surface area contributed by atoms with Gasteiger partial charge in [0, 0.05) is 6.20 Å². The van der Waals surface area contributed by atoms with Crippen molar-refractivity contribution in [2.24, 2.45) is 0 Å². The highest BCUT2D eigenvalue weighted by Gasteiger charge is 2.45. The number of hydrogen-bond acceptors (Lipinski definition) is 6. The number of pyridine rings is 1. The summed E-state index contributed by atoms with van der Waals surface area (Å²) < 4.78 is 26.4. The van der Waals surface area contributed by atoms with Crippen LogP contribution >= 0.6 is 11.6 Å². The van der Waals surface area contributed by atoms with Gasteiger partial charge in [-0.2, -0.15) is 9.97 Å². The first-order chi connectivity index (χ1) is 12.8. The van der Waals surface area contributed by atoms with E-state index in [0.29, 0.717) is 12.0 Å². The predicted molar refractivity (Wildman–Crippen MR) is 101 cm³/mol. The number of halogens is 2. The Balaban J connectivity index is 1.69. The number of rotatable bonds is 4. The Morgan fingerprint density at radius 1 is 1.22 bits per heavy atom. The maximum absolute atomic E-state index is 14.5. The van der Waals surface area contributed by atoms with E-state index in [9.17, 15) is 4.39 Å². The summed E-state index contributed by atoms with van der Waals surface area (Å²) in [5.74, 6) is -0.445. The third-order valence-corrected chi connectivity index (χ3v) is 5.53. The van der Waals surface area contributed by atoms with E-state index in [-0.39, 0.29) is 28.1 Å². The molecule has 2 aromatic heterocycles. The van der Waals surface area contributed by atoms with Crippen molar-refractivity contribution in [1.29, 1.82) is 0 Å². The molecule has 6 nitrogen and oxygen atoms in total. The van der Waals surface area contributed by atoms with Gasteiger partial charge in [-0.05, 0) is 59.5 Å². The summed E-state index contributed by atoms with van der Waals surface area (Å²) in [7, 11) is 0. The van der Waals surface area contributed by atoms with Crippen LogP contribution < -0.4 is 9.47 Å².